The zero-order valence-corrected chi connectivity index (χ0v) is 16.3. The number of urea groups is 1. The SMILES string of the molecule is Cc1cc(COc2cc3[nH]c(CNC(=O)N4CCC4C(F)F)cc3cc2Cl)on1. The minimum atomic E-state index is -2.52. The molecule has 29 heavy (non-hydrogen) atoms. The number of likely N-dealkylation sites (tertiary alicyclic amines) is 1. The second-order valence-corrected chi connectivity index (χ2v) is 7.34. The molecule has 7 nitrogen and oxygen atoms in total. The first-order valence-electron chi connectivity index (χ1n) is 9.09. The van der Waals surface area contributed by atoms with E-state index in [1.165, 1.54) is 0 Å². The summed E-state index contributed by atoms with van der Waals surface area (Å²) >= 11 is 6.29. The molecule has 1 aromatic carbocycles. The Hall–Kier alpha value is -2.81. The summed E-state index contributed by atoms with van der Waals surface area (Å²) in [6.07, 6.45) is -2.20. The maximum Gasteiger partial charge on any atom is 0.318 e. The van der Waals surface area contributed by atoms with E-state index in [2.05, 4.69) is 15.5 Å². The minimum Gasteiger partial charge on any atom is -0.484 e. The van der Waals surface area contributed by atoms with Gasteiger partial charge in [-0.25, -0.2) is 13.6 Å². The number of hydrogen-bond donors (Lipinski definition) is 2. The number of hydrogen-bond acceptors (Lipinski definition) is 4. The van der Waals surface area contributed by atoms with Crippen LogP contribution in [0.25, 0.3) is 10.9 Å². The second kappa shape index (κ2) is 7.90. The number of benzene rings is 1. The summed E-state index contributed by atoms with van der Waals surface area (Å²) in [5.41, 5.74) is 2.26. The van der Waals surface area contributed by atoms with Gasteiger partial charge in [-0.3, -0.25) is 0 Å². The van der Waals surface area contributed by atoms with Crippen molar-refractivity contribution in [2.24, 2.45) is 0 Å². The molecule has 4 rings (SSSR count). The average molecular weight is 425 g/mol. The molecule has 2 amide bonds. The normalized spacial score (nSPS) is 16.3. The largest absolute Gasteiger partial charge is 0.484 e. The van der Waals surface area contributed by atoms with E-state index in [1.807, 2.05) is 13.0 Å². The van der Waals surface area contributed by atoms with Crippen LogP contribution in [0, 0.1) is 6.92 Å². The van der Waals surface area contributed by atoms with Crippen LogP contribution in [0.2, 0.25) is 5.02 Å². The molecule has 1 unspecified atom stereocenters. The summed E-state index contributed by atoms with van der Waals surface area (Å²) in [5.74, 6) is 1.06. The van der Waals surface area contributed by atoms with Gasteiger partial charge in [0.15, 0.2) is 5.76 Å². The number of aromatic nitrogens is 2. The molecule has 1 atom stereocenters. The van der Waals surface area contributed by atoms with Gasteiger partial charge in [-0.05, 0) is 25.5 Å². The van der Waals surface area contributed by atoms with Gasteiger partial charge >= 0.3 is 6.03 Å². The van der Waals surface area contributed by atoms with E-state index in [4.69, 9.17) is 20.9 Å². The molecular weight excluding hydrogens is 406 g/mol. The minimum absolute atomic E-state index is 0.186. The maximum absolute atomic E-state index is 12.8. The number of aryl methyl sites for hydroxylation is 1. The lowest BCUT2D eigenvalue weighted by atomic mass is 10.1. The van der Waals surface area contributed by atoms with Crippen LogP contribution < -0.4 is 10.1 Å². The van der Waals surface area contributed by atoms with E-state index in [0.717, 1.165) is 27.2 Å². The number of rotatable bonds is 6. The van der Waals surface area contributed by atoms with Crippen molar-refractivity contribution in [3.05, 3.63) is 46.4 Å². The molecule has 2 N–H and O–H groups in total. The number of aromatic amines is 1. The smallest absolute Gasteiger partial charge is 0.318 e. The van der Waals surface area contributed by atoms with Gasteiger partial charge in [0.1, 0.15) is 12.4 Å². The highest BCUT2D eigenvalue weighted by Crippen LogP contribution is 2.31. The number of carbonyl (C=O) groups is 1. The van der Waals surface area contributed by atoms with E-state index < -0.39 is 18.5 Å². The third-order valence-corrected chi connectivity index (χ3v) is 5.12. The predicted octanol–water partition coefficient (Wildman–Crippen LogP) is 4.25. The van der Waals surface area contributed by atoms with E-state index in [1.54, 1.807) is 18.2 Å². The number of H-pyrrole nitrogens is 1. The van der Waals surface area contributed by atoms with Crippen molar-refractivity contribution < 1.29 is 22.8 Å². The first kappa shape index (κ1) is 19.5. The molecule has 2 aromatic heterocycles. The van der Waals surface area contributed by atoms with Crippen LogP contribution in [0.3, 0.4) is 0 Å². The molecule has 0 bridgehead atoms. The van der Waals surface area contributed by atoms with Crippen LogP contribution >= 0.6 is 11.6 Å². The van der Waals surface area contributed by atoms with E-state index in [9.17, 15) is 13.6 Å². The molecule has 0 aliphatic carbocycles. The van der Waals surface area contributed by atoms with Crippen molar-refractivity contribution >= 4 is 28.5 Å². The van der Waals surface area contributed by atoms with E-state index in [-0.39, 0.29) is 13.2 Å². The van der Waals surface area contributed by atoms with Gasteiger partial charge in [-0.15, -0.1) is 0 Å². The van der Waals surface area contributed by atoms with Crippen molar-refractivity contribution in [3.8, 4) is 5.75 Å². The van der Waals surface area contributed by atoms with Gasteiger partial charge in [0, 0.05) is 35.3 Å². The van der Waals surface area contributed by atoms with Crippen LogP contribution in [-0.4, -0.2) is 40.1 Å². The number of nitrogens with zero attached hydrogens (tertiary/aromatic N) is 2. The number of alkyl halides is 2. The highest BCUT2D eigenvalue weighted by Gasteiger charge is 2.38. The summed E-state index contributed by atoms with van der Waals surface area (Å²) in [4.78, 5) is 16.4. The van der Waals surface area contributed by atoms with Crippen molar-refractivity contribution in [2.75, 3.05) is 6.54 Å². The van der Waals surface area contributed by atoms with Crippen molar-refractivity contribution in [2.45, 2.75) is 39.0 Å². The predicted molar refractivity (Wildman–Crippen MR) is 102 cm³/mol. The number of carbonyl (C=O) groups excluding carboxylic acids is 1. The zero-order valence-electron chi connectivity index (χ0n) is 15.5. The lowest BCUT2D eigenvalue weighted by Gasteiger charge is -2.40. The van der Waals surface area contributed by atoms with Gasteiger partial charge in [0.05, 0.1) is 23.3 Å². The fourth-order valence-electron chi connectivity index (χ4n) is 3.23. The number of nitrogens with one attached hydrogen (secondary N) is 2. The van der Waals surface area contributed by atoms with Gasteiger partial charge in [0.25, 0.3) is 6.43 Å². The average Bonchev–Trinajstić information content (AvgIpc) is 3.21. The molecule has 1 saturated heterocycles. The van der Waals surface area contributed by atoms with Crippen LogP contribution in [0.1, 0.15) is 23.6 Å². The highest BCUT2D eigenvalue weighted by atomic mass is 35.5. The van der Waals surface area contributed by atoms with Crippen LogP contribution in [-0.2, 0) is 13.2 Å². The lowest BCUT2D eigenvalue weighted by Crippen LogP contribution is -2.57. The fourth-order valence-corrected chi connectivity index (χ4v) is 3.45. The summed E-state index contributed by atoms with van der Waals surface area (Å²) < 4.78 is 36.4. The molecule has 3 aromatic rings. The molecule has 1 aliphatic heterocycles. The Balaban J connectivity index is 1.40. The molecule has 0 spiro atoms. The fraction of sp³-hybridized carbons (Fsp3) is 0.368. The van der Waals surface area contributed by atoms with Gasteiger partial charge in [-0.2, -0.15) is 0 Å². The van der Waals surface area contributed by atoms with Crippen LogP contribution in [0.4, 0.5) is 13.6 Å². The zero-order chi connectivity index (χ0) is 20.5. The molecule has 0 radical (unpaired) electrons. The first-order valence-corrected chi connectivity index (χ1v) is 9.47. The summed E-state index contributed by atoms with van der Waals surface area (Å²) in [6.45, 7) is 2.54. The van der Waals surface area contributed by atoms with Gasteiger partial charge in [0.2, 0.25) is 0 Å². The Kier molecular flexibility index (Phi) is 5.31. The molecule has 154 valence electrons. The van der Waals surface area contributed by atoms with Crippen LogP contribution in [0.5, 0.6) is 5.75 Å². The third-order valence-electron chi connectivity index (χ3n) is 4.82. The lowest BCUT2D eigenvalue weighted by molar-refractivity contribution is -0.00919. The molecule has 3 heterocycles. The Bertz CT molecular complexity index is 1040. The molecule has 10 heteroatoms. The Labute approximate surface area is 169 Å². The topological polar surface area (TPSA) is 83.4 Å². The molecule has 0 saturated carbocycles. The number of amides is 2. The first-order chi connectivity index (χ1) is 13.9. The van der Waals surface area contributed by atoms with E-state index >= 15 is 0 Å². The standard InChI is InChI=1S/C19H19ClF2N4O3/c1-10-4-13(29-25-10)9-28-17-7-15-11(6-14(17)20)5-12(24-15)8-23-19(27)26-3-2-16(26)18(21)22/h4-7,16,18,24H,2-3,8-9H2,1H3,(H,23,27). The summed E-state index contributed by atoms with van der Waals surface area (Å²) in [5, 5.41) is 7.74. The summed E-state index contributed by atoms with van der Waals surface area (Å²) in [6, 6.07) is 5.63. The Morgan fingerprint density at radius 2 is 2.28 bits per heavy atom. The molecule has 1 fully saturated rings. The molecule has 1 aliphatic rings. The van der Waals surface area contributed by atoms with Crippen molar-refractivity contribution in [3.63, 3.8) is 0 Å². The molecular formula is C19H19ClF2N4O3. The number of fused-ring (bicyclic) bond motifs is 1. The summed E-state index contributed by atoms with van der Waals surface area (Å²) in [7, 11) is 0. The third kappa shape index (κ3) is 4.14. The van der Waals surface area contributed by atoms with Crippen molar-refractivity contribution in [1.29, 1.82) is 0 Å². The monoisotopic (exact) mass is 424 g/mol. The highest BCUT2D eigenvalue weighted by molar-refractivity contribution is 6.32. The van der Waals surface area contributed by atoms with Crippen LogP contribution in [0.15, 0.2) is 28.8 Å². The quantitative estimate of drug-likeness (QED) is 0.619. The Morgan fingerprint density at radius 1 is 1.45 bits per heavy atom. The second-order valence-electron chi connectivity index (χ2n) is 6.93. The maximum atomic E-state index is 12.8. The van der Waals surface area contributed by atoms with Gasteiger partial charge in [-0.1, -0.05) is 16.8 Å². The van der Waals surface area contributed by atoms with Crippen molar-refractivity contribution in [1.82, 2.24) is 20.4 Å². The van der Waals surface area contributed by atoms with E-state index in [0.29, 0.717) is 29.5 Å². The Morgan fingerprint density at radius 3 is 2.93 bits per heavy atom. The van der Waals surface area contributed by atoms with Gasteiger partial charge < -0.3 is 24.5 Å². The number of halogens is 3. The number of ether oxygens (including phenoxy) is 1.